The van der Waals surface area contributed by atoms with Crippen molar-refractivity contribution in [3.8, 4) is 5.75 Å². The number of benzene rings is 1. The van der Waals surface area contributed by atoms with Gasteiger partial charge in [-0.3, -0.25) is 10.1 Å². The number of non-ortho nitro benzene ring substituents is 1. The van der Waals surface area contributed by atoms with E-state index in [-0.39, 0.29) is 18.0 Å². The van der Waals surface area contributed by atoms with Crippen LogP contribution in [-0.2, 0) is 0 Å². The Morgan fingerprint density at radius 3 is 2.87 bits per heavy atom. The van der Waals surface area contributed by atoms with Gasteiger partial charge in [-0.15, -0.1) is 0 Å². The number of halogens is 1. The Morgan fingerprint density at radius 2 is 2.27 bits per heavy atom. The van der Waals surface area contributed by atoms with Gasteiger partial charge < -0.3 is 10.5 Å². The van der Waals surface area contributed by atoms with Crippen LogP contribution in [0.5, 0.6) is 5.75 Å². The van der Waals surface area contributed by atoms with Gasteiger partial charge in [0.25, 0.3) is 5.69 Å². The molecule has 0 unspecified atom stereocenters. The minimum atomic E-state index is -0.613. The van der Waals surface area contributed by atoms with Gasteiger partial charge in [-0.2, -0.15) is 0 Å². The van der Waals surface area contributed by atoms with Crippen molar-refractivity contribution in [2.75, 3.05) is 13.2 Å². The lowest BCUT2D eigenvalue weighted by Crippen LogP contribution is -2.07. The van der Waals surface area contributed by atoms with Crippen molar-refractivity contribution < 1.29 is 14.1 Å². The summed E-state index contributed by atoms with van der Waals surface area (Å²) in [5, 5.41) is 10.4. The molecule has 0 aliphatic rings. The van der Waals surface area contributed by atoms with E-state index in [1.807, 2.05) is 0 Å². The Kier molecular flexibility index (Phi) is 3.99. The van der Waals surface area contributed by atoms with Crippen LogP contribution in [0.4, 0.5) is 10.1 Å². The largest absolute Gasteiger partial charge is 0.490 e. The quantitative estimate of drug-likeness (QED) is 0.457. The zero-order valence-electron chi connectivity index (χ0n) is 7.98. The highest BCUT2D eigenvalue weighted by molar-refractivity contribution is 5.39. The van der Waals surface area contributed by atoms with Crippen LogP contribution in [0.3, 0.4) is 0 Å². The van der Waals surface area contributed by atoms with Crippen molar-refractivity contribution in [2.45, 2.75) is 6.42 Å². The summed E-state index contributed by atoms with van der Waals surface area (Å²) in [7, 11) is 0. The molecule has 0 saturated carbocycles. The molecule has 15 heavy (non-hydrogen) atoms. The molecule has 0 aliphatic carbocycles. The predicted octanol–water partition coefficient (Wildman–Crippen LogP) is 1.46. The fourth-order valence-corrected chi connectivity index (χ4v) is 0.982. The van der Waals surface area contributed by atoms with Gasteiger partial charge in [-0.25, -0.2) is 4.39 Å². The van der Waals surface area contributed by atoms with E-state index in [1.165, 1.54) is 0 Å². The van der Waals surface area contributed by atoms with Crippen LogP contribution < -0.4 is 10.5 Å². The van der Waals surface area contributed by atoms with E-state index in [0.29, 0.717) is 13.0 Å². The first kappa shape index (κ1) is 11.4. The SMILES string of the molecule is NCCCOc1cc([N+](=O)[O-])ccc1F. The Hall–Kier alpha value is -1.69. The van der Waals surface area contributed by atoms with Gasteiger partial charge in [-0.1, -0.05) is 0 Å². The summed E-state index contributed by atoms with van der Waals surface area (Å²) >= 11 is 0. The average molecular weight is 214 g/mol. The summed E-state index contributed by atoms with van der Waals surface area (Å²) < 4.78 is 18.1. The zero-order valence-corrected chi connectivity index (χ0v) is 7.98. The molecule has 1 aromatic rings. The molecule has 0 aliphatic heterocycles. The monoisotopic (exact) mass is 214 g/mol. The fourth-order valence-electron chi connectivity index (χ4n) is 0.982. The van der Waals surface area contributed by atoms with Gasteiger partial charge in [0, 0.05) is 6.07 Å². The Bertz CT molecular complexity index is 357. The summed E-state index contributed by atoms with van der Waals surface area (Å²) in [5.74, 6) is -0.727. The minimum absolute atomic E-state index is 0.113. The van der Waals surface area contributed by atoms with Crippen molar-refractivity contribution in [2.24, 2.45) is 5.73 Å². The van der Waals surface area contributed by atoms with Crippen LogP contribution in [0, 0.1) is 15.9 Å². The maximum absolute atomic E-state index is 13.1. The molecule has 6 heteroatoms. The summed E-state index contributed by atoms with van der Waals surface area (Å²) in [5.41, 5.74) is 5.03. The highest BCUT2D eigenvalue weighted by atomic mass is 19.1. The average Bonchev–Trinajstić information content (AvgIpc) is 2.20. The molecule has 0 heterocycles. The smallest absolute Gasteiger partial charge is 0.273 e. The molecule has 0 radical (unpaired) electrons. The Morgan fingerprint density at radius 1 is 1.53 bits per heavy atom. The maximum Gasteiger partial charge on any atom is 0.273 e. The molecule has 0 amide bonds. The van der Waals surface area contributed by atoms with Crippen molar-refractivity contribution in [1.29, 1.82) is 0 Å². The lowest BCUT2D eigenvalue weighted by atomic mass is 10.3. The van der Waals surface area contributed by atoms with Crippen molar-refractivity contribution >= 4 is 5.69 Å². The van der Waals surface area contributed by atoms with Crippen LogP contribution >= 0.6 is 0 Å². The first-order valence-electron chi connectivity index (χ1n) is 4.42. The van der Waals surface area contributed by atoms with Crippen LogP contribution in [0.2, 0.25) is 0 Å². The summed E-state index contributed by atoms with van der Waals surface area (Å²) in [6, 6.07) is 3.16. The zero-order chi connectivity index (χ0) is 11.3. The summed E-state index contributed by atoms with van der Waals surface area (Å²) in [6.07, 6.45) is 0.572. The van der Waals surface area contributed by atoms with E-state index in [4.69, 9.17) is 10.5 Å². The highest BCUT2D eigenvalue weighted by Crippen LogP contribution is 2.23. The number of nitro groups is 1. The van der Waals surface area contributed by atoms with E-state index < -0.39 is 10.7 Å². The highest BCUT2D eigenvalue weighted by Gasteiger charge is 2.11. The van der Waals surface area contributed by atoms with E-state index in [1.54, 1.807) is 0 Å². The van der Waals surface area contributed by atoms with Crippen LogP contribution in [0.15, 0.2) is 18.2 Å². The van der Waals surface area contributed by atoms with E-state index in [0.717, 1.165) is 18.2 Å². The van der Waals surface area contributed by atoms with Crippen LogP contribution in [-0.4, -0.2) is 18.1 Å². The predicted molar refractivity (Wildman–Crippen MR) is 52.2 cm³/mol. The second kappa shape index (κ2) is 5.26. The first-order chi connectivity index (χ1) is 7.15. The van der Waals surface area contributed by atoms with E-state index in [2.05, 4.69) is 0 Å². The number of ether oxygens (including phenoxy) is 1. The summed E-state index contributed by atoms with van der Waals surface area (Å²) in [6.45, 7) is 0.672. The molecule has 0 atom stereocenters. The normalized spacial score (nSPS) is 10.0. The second-order valence-electron chi connectivity index (χ2n) is 2.86. The number of nitrogens with two attached hydrogens (primary N) is 1. The number of hydrogen-bond acceptors (Lipinski definition) is 4. The van der Waals surface area contributed by atoms with Crippen LogP contribution in [0.25, 0.3) is 0 Å². The molecule has 5 nitrogen and oxygen atoms in total. The fraction of sp³-hybridized carbons (Fsp3) is 0.333. The number of nitro benzene ring substituents is 1. The van der Waals surface area contributed by atoms with E-state index in [9.17, 15) is 14.5 Å². The van der Waals surface area contributed by atoms with Gasteiger partial charge in [0.15, 0.2) is 11.6 Å². The molecule has 0 saturated heterocycles. The molecule has 1 rings (SSSR count). The van der Waals surface area contributed by atoms with E-state index >= 15 is 0 Å². The van der Waals surface area contributed by atoms with Gasteiger partial charge >= 0.3 is 0 Å². The number of nitrogens with zero attached hydrogens (tertiary/aromatic N) is 1. The van der Waals surface area contributed by atoms with Crippen molar-refractivity contribution in [3.05, 3.63) is 34.1 Å². The van der Waals surface area contributed by atoms with Crippen LogP contribution in [0.1, 0.15) is 6.42 Å². The van der Waals surface area contributed by atoms with Crippen molar-refractivity contribution in [1.82, 2.24) is 0 Å². The van der Waals surface area contributed by atoms with Gasteiger partial charge in [0.2, 0.25) is 0 Å². The molecule has 1 aromatic carbocycles. The molecule has 0 aromatic heterocycles. The lowest BCUT2D eigenvalue weighted by molar-refractivity contribution is -0.385. The van der Waals surface area contributed by atoms with Crippen molar-refractivity contribution in [3.63, 3.8) is 0 Å². The molecule has 2 N–H and O–H groups in total. The molecule has 0 spiro atoms. The molecule has 0 fully saturated rings. The molecular weight excluding hydrogens is 203 g/mol. The topological polar surface area (TPSA) is 78.4 Å². The Labute approximate surface area is 85.8 Å². The third-order valence-corrected chi connectivity index (χ3v) is 1.73. The lowest BCUT2D eigenvalue weighted by Gasteiger charge is -2.05. The molecule has 0 bridgehead atoms. The number of hydrogen-bond donors (Lipinski definition) is 1. The first-order valence-corrected chi connectivity index (χ1v) is 4.42. The standard InChI is InChI=1S/C9H11FN2O3/c10-8-3-2-7(12(13)14)6-9(8)15-5-1-4-11/h2-3,6H,1,4-5,11H2. The third-order valence-electron chi connectivity index (χ3n) is 1.73. The van der Waals surface area contributed by atoms with Gasteiger partial charge in [0.1, 0.15) is 0 Å². The summed E-state index contributed by atoms with van der Waals surface area (Å²) in [4.78, 5) is 9.80. The Balaban J connectivity index is 2.76. The van der Waals surface area contributed by atoms with Gasteiger partial charge in [0.05, 0.1) is 17.6 Å². The molecular formula is C9H11FN2O3. The minimum Gasteiger partial charge on any atom is -0.490 e. The second-order valence-corrected chi connectivity index (χ2v) is 2.86. The van der Waals surface area contributed by atoms with Gasteiger partial charge in [-0.05, 0) is 19.0 Å². The number of rotatable bonds is 5. The molecule has 82 valence electrons. The third kappa shape index (κ3) is 3.17. The maximum atomic E-state index is 13.1.